The highest BCUT2D eigenvalue weighted by Gasteiger charge is 2.26. The summed E-state index contributed by atoms with van der Waals surface area (Å²) in [5.41, 5.74) is 0.620. The molecule has 2 rings (SSSR count). The van der Waals surface area contributed by atoms with Crippen molar-refractivity contribution >= 4 is 11.7 Å². The maximum absolute atomic E-state index is 11.9. The van der Waals surface area contributed by atoms with Crippen LogP contribution in [0.15, 0.2) is 16.9 Å². The summed E-state index contributed by atoms with van der Waals surface area (Å²) >= 11 is 0. The molecule has 8 nitrogen and oxygen atoms in total. The molecule has 2 aromatic rings. The molecule has 0 amide bonds. The highest BCUT2D eigenvalue weighted by molar-refractivity contribution is 5.97. The van der Waals surface area contributed by atoms with E-state index in [1.165, 1.54) is 6.07 Å². The first-order valence-electron chi connectivity index (χ1n) is 6.60. The van der Waals surface area contributed by atoms with Crippen LogP contribution in [0.4, 0.5) is 5.69 Å². The number of rotatable bonds is 4. The van der Waals surface area contributed by atoms with Crippen molar-refractivity contribution in [3.8, 4) is 11.3 Å². The fourth-order valence-corrected chi connectivity index (χ4v) is 2.11. The summed E-state index contributed by atoms with van der Waals surface area (Å²) in [6.07, 6.45) is 0. The summed E-state index contributed by atoms with van der Waals surface area (Å²) in [4.78, 5) is 34.4. The van der Waals surface area contributed by atoms with Gasteiger partial charge in [0.1, 0.15) is 0 Å². The zero-order valence-electron chi connectivity index (χ0n) is 12.4. The number of nitro groups is 1. The van der Waals surface area contributed by atoms with Gasteiger partial charge in [0.15, 0.2) is 5.56 Å². The fraction of sp³-hybridized carbons (Fsp3) is 0.286. The van der Waals surface area contributed by atoms with E-state index in [1.54, 1.807) is 26.8 Å². The molecule has 0 atom stereocenters. The van der Waals surface area contributed by atoms with Gasteiger partial charge in [-0.1, -0.05) is 0 Å². The molecule has 0 fully saturated rings. The molecule has 0 saturated carbocycles. The van der Waals surface area contributed by atoms with Crippen molar-refractivity contribution in [2.45, 2.75) is 20.8 Å². The van der Waals surface area contributed by atoms with Crippen LogP contribution in [-0.4, -0.2) is 27.7 Å². The molecule has 22 heavy (non-hydrogen) atoms. The monoisotopic (exact) mass is 305 g/mol. The molecule has 1 aromatic carbocycles. The Hall–Kier alpha value is -2.90. The smallest absolute Gasteiger partial charge is 0.346 e. The molecule has 0 bridgehead atoms. The molecule has 0 aliphatic heterocycles. The minimum atomic E-state index is -0.826. The van der Waals surface area contributed by atoms with E-state index in [4.69, 9.17) is 4.74 Å². The summed E-state index contributed by atoms with van der Waals surface area (Å²) < 4.78 is 4.83. The van der Waals surface area contributed by atoms with Gasteiger partial charge in [-0.2, -0.15) is 0 Å². The Bertz CT molecular complexity index is 803. The first-order valence-corrected chi connectivity index (χ1v) is 6.60. The maximum Gasteiger partial charge on any atom is 0.346 e. The van der Waals surface area contributed by atoms with Crippen molar-refractivity contribution in [1.29, 1.82) is 0 Å². The average Bonchev–Trinajstić information content (AvgIpc) is 2.83. The van der Waals surface area contributed by atoms with Gasteiger partial charge in [-0.15, -0.1) is 0 Å². The Labute approximate surface area is 125 Å². The number of ether oxygens (including phenoxy) is 1. The number of aryl methyl sites for hydroxylation is 2. The third kappa shape index (κ3) is 2.62. The number of carbonyl (C=O) groups is 1. The van der Waals surface area contributed by atoms with E-state index in [0.29, 0.717) is 0 Å². The van der Waals surface area contributed by atoms with Gasteiger partial charge in [-0.05, 0) is 38.0 Å². The van der Waals surface area contributed by atoms with Crippen LogP contribution < -0.4 is 5.56 Å². The summed E-state index contributed by atoms with van der Waals surface area (Å²) in [5.74, 6) is -0.826. The standard InChI is InChI=1S/C14H15N3O5/c1-4-22-14(19)11-12(15-16-13(11)18)9-5-7(2)8(3)6-10(9)17(20)21/h5-6H,4H2,1-3H3,(H2,15,16,18). The second kappa shape index (κ2) is 5.84. The van der Waals surface area contributed by atoms with Crippen LogP contribution >= 0.6 is 0 Å². The van der Waals surface area contributed by atoms with Crippen molar-refractivity contribution in [1.82, 2.24) is 10.2 Å². The molecule has 116 valence electrons. The number of hydrogen-bond donors (Lipinski definition) is 2. The van der Waals surface area contributed by atoms with Crippen LogP contribution in [0.25, 0.3) is 11.3 Å². The lowest BCUT2D eigenvalue weighted by Crippen LogP contribution is -2.16. The third-order valence-electron chi connectivity index (χ3n) is 3.34. The molecule has 8 heteroatoms. The van der Waals surface area contributed by atoms with Crippen molar-refractivity contribution in [2.75, 3.05) is 6.61 Å². The van der Waals surface area contributed by atoms with E-state index in [9.17, 15) is 19.7 Å². The Kier molecular flexibility index (Phi) is 4.11. The van der Waals surface area contributed by atoms with Crippen molar-refractivity contribution in [3.63, 3.8) is 0 Å². The molecule has 1 aromatic heterocycles. The first-order chi connectivity index (χ1) is 10.4. The first kappa shape index (κ1) is 15.5. The predicted molar refractivity (Wildman–Crippen MR) is 78.9 cm³/mol. The lowest BCUT2D eigenvalue weighted by molar-refractivity contribution is -0.384. The molecule has 0 saturated heterocycles. The molecular formula is C14H15N3O5. The van der Waals surface area contributed by atoms with Gasteiger partial charge in [0.25, 0.3) is 11.2 Å². The highest BCUT2D eigenvalue weighted by Crippen LogP contribution is 2.32. The van der Waals surface area contributed by atoms with Gasteiger partial charge in [-0.25, -0.2) is 4.79 Å². The Morgan fingerprint density at radius 2 is 1.91 bits per heavy atom. The molecule has 1 heterocycles. The minimum absolute atomic E-state index is 0.0539. The molecule has 0 spiro atoms. The highest BCUT2D eigenvalue weighted by atomic mass is 16.6. The lowest BCUT2D eigenvalue weighted by Gasteiger charge is -2.07. The molecule has 0 aliphatic rings. The van der Waals surface area contributed by atoms with E-state index >= 15 is 0 Å². The van der Waals surface area contributed by atoms with E-state index in [1.807, 2.05) is 0 Å². The van der Waals surface area contributed by atoms with Crippen molar-refractivity contribution < 1.29 is 14.5 Å². The zero-order valence-corrected chi connectivity index (χ0v) is 12.4. The van der Waals surface area contributed by atoms with Crippen LogP contribution in [-0.2, 0) is 4.74 Å². The quantitative estimate of drug-likeness (QED) is 0.509. The van der Waals surface area contributed by atoms with Gasteiger partial charge in [0.2, 0.25) is 0 Å². The molecule has 0 aliphatic carbocycles. The summed E-state index contributed by atoms with van der Waals surface area (Å²) in [6.45, 7) is 5.24. The maximum atomic E-state index is 11.9. The zero-order chi connectivity index (χ0) is 16.4. The molecular weight excluding hydrogens is 290 g/mol. The summed E-state index contributed by atoms with van der Waals surface area (Å²) in [7, 11) is 0. The van der Waals surface area contributed by atoms with Crippen LogP contribution in [0.5, 0.6) is 0 Å². The Morgan fingerprint density at radius 3 is 2.50 bits per heavy atom. The second-order valence-corrected chi connectivity index (χ2v) is 4.76. The molecule has 2 N–H and O–H groups in total. The van der Waals surface area contributed by atoms with Gasteiger partial charge in [0, 0.05) is 6.07 Å². The number of aromatic amines is 2. The fourth-order valence-electron chi connectivity index (χ4n) is 2.11. The van der Waals surface area contributed by atoms with Gasteiger partial charge in [-0.3, -0.25) is 25.1 Å². The second-order valence-electron chi connectivity index (χ2n) is 4.76. The van der Waals surface area contributed by atoms with Crippen LogP contribution in [0.1, 0.15) is 28.4 Å². The largest absolute Gasteiger partial charge is 0.462 e. The molecule has 0 radical (unpaired) electrons. The van der Waals surface area contributed by atoms with Crippen molar-refractivity contribution in [3.05, 3.63) is 49.3 Å². The van der Waals surface area contributed by atoms with Gasteiger partial charge in [0.05, 0.1) is 22.8 Å². The number of H-pyrrole nitrogens is 2. The number of hydrogen-bond acceptors (Lipinski definition) is 5. The minimum Gasteiger partial charge on any atom is -0.462 e. The number of nitrogens with one attached hydrogen (secondary N) is 2. The lowest BCUT2D eigenvalue weighted by atomic mass is 10.00. The normalized spacial score (nSPS) is 10.5. The number of carbonyl (C=O) groups excluding carboxylic acids is 1. The Balaban J connectivity index is 2.73. The van der Waals surface area contributed by atoms with E-state index in [-0.39, 0.29) is 29.1 Å². The topological polar surface area (TPSA) is 118 Å². The summed E-state index contributed by atoms with van der Waals surface area (Å²) in [5, 5.41) is 16.1. The van der Waals surface area contributed by atoms with Crippen molar-refractivity contribution in [2.24, 2.45) is 0 Å². The number of nitrogens with zero attached hydrogens (tertiary/aromatic N) is 1. The number of benzene rings is 1. The van der Waals surface area contributed by atoms with Crippen LogP contribution in [0, 0.1) is 24.0 Å². The van der Waals surface area contributed by atoms with Crippen LogP contribution in [0.2, 0.25) is 0 Å². The third-order valence-corrected chi connectivity index (χ3v) is 3.34. The predicted octanol–water partition coefficient (Wildman–Crippen LogP) is 2.07. The van der Waals surface area contributed by atoms with Gasteiger partial charge >= 0.3 is 5.97 Å². The number of nitro benzene ring substituents is 1. The Morgan fingerprint density at radius 1 is 1.27 bits per heavy atom. The van der Waals surface area contributed by atoms with E-state index in [2.05, 4.69) is 10.2 Å². The SMILES string of the molecule is CCOC(=O)c1c(-c2cc(C)c(C)cc2[N+](=O)[O-])[nH][nH]c1=O. The van der Waals surface area contributed by atoms with Gasteiger partial charge < -0.3 is 4.74 Å². The average molecular weight is 305 g/mol. The van der Waals surface area contributed by atoms with E-state index < -0.39 is 16.5 Å². The number of aromatic nitrogens is 2. The number of esters is 1. The van der Waals surface area contributed by atoms with Crippen LogP contribution in [0.3, 0.4) is 0 Å². The summed E-state index contributed by atoms with van der Waals surface area (Å²) in [6, 6.07) is 2.97. The molecule has 0 unspecified atom stereocenters. The van der Waals surface area contributed by atoms with E-state index in [0.717, 1.165) is 11.1 Å².